The van der Waals surface area contributed by atoms with Crippen LogP contribution in [0.5, 0.6) is 0 Å². The Morgan fingerprint density at radius 3 is 1.30 bits per heavy atom. The molecule has 0 fully saturated rings. The Balaban J connectivity index is 0.000000137. The first-order valence-corrected chi connectivity index (χ1v) is 24.5. The van der Waals surface area contributed by atoms with Crippen molar-refractivity contribution in [3.05, 3.63) is 248 Å². The Morgan fingerprint density at radius 1 is 0.405 bits per heavy atom. The minimum atomic E-state index is -0.504. The maximum absolute atomic E-state index is 11.2. The first-order chi connectivity index (χ1) is 36.2. The molecule has 0 radical (unpaired) electrons. The molecule has 14 nitrogen and oxygen atoms in total. The lowest BCUT2D eigenvalue weighted by Crippen LogP contribution is -2.14. The topological polar surface area (TPSA) is 166 Å². The summed E-state index contributed by atoms with van der Waals surface area (Å²) in [6, 6.07) is 52.2. The molecule has 2 N–H and O–H groups in total. The molecule has 8 heterocycles. The Kier molecular flexibility index (Phi) is 16.2. The lowest BCUT2D eigenvalue weighted by atomic mass is 10.1. The van der Waals surface area contributed by atoms with E-state index in [1.165, 1.54) is 0 Å². The van der Waals surface area contributed by atoms with Crippen molar-refractivity contribution in [1.82, 2.24) is 58.1 Å². The summed E-state index contributed by atoms with van der Waals surface area (Å²) >= 11 is 0. The summed E-state index contributed by atoms with van der Waals surface area (Å²) in [4.78, 5) is 47.4. The van der Waals surface area contributed by atoms with E-state index < -0.39 is 5.91 Å². The van der Waals surface area contributed by atoms with Gasteiger partial charge in [-0.3, -0.25) is 19.3 Å². The predicted octanol–water partition coefficient (Wildman–Crippen LogP) is 10.1. The average Bonchev–Trinajstić information content (AvgIpc) is 4.29. The van der Waals surface area contributed by atoms with E-state index in [0.717, 1.165) is 118 Å². The zero-order valence-electron chi connectivity index (χ0n) is 41.7. The molecule has 0 saturated carbocycles. The fraction of sp³-hybridized carbons (Fsp3) is 0.150. The molecule has 1 amide bonds. The number of nitrogens with two attached hydrogens (primary N) is 1. The van der Waals surface area contributed by atoms with E-state index in [1.54, 1.807) is 37.1 Å². The smallest absolute Gasteiger partial charge is 0.267 e. The van der Waals surface area contributed by atoms with Crippen molar-refractivity contribution in [2.24, 2.45) is 26.9 Å². The molecular formula is C60H57N13O. The molecule has 0 aliphatic heterocycles. The van der Waals surface area contributed by atoms with Crippen LogP contribution in [0.1, 0.15) is 45.0 Å². The van der Waals surface area contributed by atoms with Gasteiger partial charge in [0.25, 0.3) is 5.91 Å². The van der Waals surface area contributed by atoms with Gasteiger partial charge in [0.2, 0.25) is 0 Å². The van der Waals surface area contributed by atoms with E-state index in [-0.39, 0.29) is 0 Å². The molecule has 0 atom stereocenters. The zero-order valence-corrected chi connectivity index (χ0v) is 41.7. The lowest BCUT2D eigenvalue weighted by Gasteiger charge is -2.05. The number of carbonyl (C=O) groups is 1. The molecule has 14 heteroatoms. The number of hydrogen-bond acceptors (Lipinski definition) is 9. The number of pyridine rings is 4. The number of aryl methyl sites for hydroxylation is 9. The van der Waals surface area contributed by atoms with Crippen molar-refractivity contribution < 1.29 is 4.79 Å². The highest BCUT2D eigenvalue weighted by molar-refractivity contribution is 5.90. The molecule has 8 aromatic heterocycles. The predicted molar refractivity (Wildman–Crippen MR) is 290 cm³/mol. The van der Waals surface area contributed by atoms with E-state index in [0.29, 0.717) is 12.1 Å². The normalized spacial score (nSPS) is 10.8. The van der Waals surface area contributed by atoms with Crippen molar-refractivity contribution >= 4 is 5.91 Å². The maximum atomic E-state index is 11.2. The maximum Gasteiger partial charge on any atom is 0.267 e. The molecule has 11 rings (SSSR count). The van der Waals surface area contributed by atoms with E-state index >= 15 is 0 Å². The SMILES string of the molecule is Cn1cc(-c2ccccc2)nc1CCc1cccc(-c2ccncc2)n1.Cn1cc(-c2ccccc2)nc1CCc1cccc(-n2ccnc2)n1.Cn1cc(-c2ccccc2)nc1CCc1cccc(C(N)=O)n1. The Labute approximate surface area is 431 Å². The van der Waals surface area contributed by atoms with Gasteiger partial charge in [0, 0.05) is 123 Å². The Morgan fingerprint density at radius 2 is 0.838 bits per heavy atom. The van der Waals surface area contributed by atoms with Crippen LogP contribution in [-0.4, -0.2) is 64.0 Å². The van der Waals surface area contributed by atoms with Crippen LogP contribution in [0, 0.1) is 0 Å². The Bertz CT molecular complexity index is 3510. The first kappa shape index (κ1) is 49.5. The lowest BCUT2D eigenvalue weighted by molar-refractivity contribution is 0.0995. The van der Waals surface area contributed by atoms with Gasteiger partial charge in [-0.05, 0) is 67.8 Å². The van der Waals surface area contributed by atoms with Crippen LogP contribution in [0.25, 0.3) is 50.8 Å². The molecule has 11 aromatic rings. The highest BCUT2D eigenvalue weighted by Gasteiger charge is 2.12. The monoisotopic (exact) mass is 975 g/mol. The summed E-state index contributed by atoms with van der Waals surface area (Å²) in [5, 5.41) is 0. The fourth-order valence-corrected chi connectivity index (χ4v) is 8.38. The summed E-state index contributed by atoms with van der Waals surface area (Å²) in [6.07, 6.45) is 20.1. The van der Waals surface area contributed by atoms with Crippen LogP contribution in [0.3, 0.4) is 0 Å². The van der Waals surface area contributed by atoms with Crippen molar-refractivity contribution in [2.45, 2.75) is 38.5 Å². The largest absolute Gasteiger partial charge is 0.364 e. The van der Waals surface area contributed by atoms with Gasteiger partial charge in [0.1, 0.15) is 35.3 Å². The number of imidazole rings is 4. The van der Waals surface area contributed by atoms with Gasteiger partial charge in [0.15, 0.2) is 0 Å². The van der Waals surface area contributed by atoms with Crippen molar-refractivity contribution in [3.63, 3.8) is 0 Å². The van der Waals surface area contributed by atoms with Gasteiger partial charge in [-0.25, -0.2) is 29.9 Å². The van der Waals surface area contributed by atoms with Crippen LogP contribution in [0.2, 0.25) is 0 Å². The second-order valence-corrected chi connectivity index (χ2v) is 17.6. The Hall–Kier alpha value is -9.43. The second kappa shape index (κ2) is 24.1. The summed E-state index contributed by atoms with van der Waals surface area (Å²) in [5.41, 5.74) is 17.0. The van der Waals surface area contributed by atoms with Gasteiger partial charge in [-0.1, -0.05) is 109 Å². The number of primary amides is 1. The van der Waals surface area contributed by atoms with Crippen LogP contribution >= 0.6 is 0 Å². The molecule has 0 unspecified atom stereocenters. The molecule has 0 saturated heterocycles. The van der Waals surface area contributed by atoms with Gasteiger partial charge >= 0.3 is 0 Å². The van der Waals surface area contributed by atoms with Crippen LogP contribution < -0.4 is 5.73 Å². The number of benzene rings is 3. The zero-order chi connectivity index (χ0) is 51.1. The molecule has 3 aromatic carbocycles. The summed E-state index contributed by atoms with van der Waals surface area (Å²) in [6.45, 7) is 0. The van der Waals surface area contributed by atoms with Crippen molar-refractivity contribution in [2.75, 3.05) is 0 Å². The minimum Gasteiger partial charge on any atom is -0.364 e. The minimum absolute atomic E-state index is 0.298. The van der Waals surface area contributed by atoms with Gasteiger partial charge in [-0.2, -0.15) is 0 Å². The number of nitrogens with zero attached hydrogens (tertiary/aromatic N) is 12. The van der Waals surface area contributed by atoms with Gasteiger partial charge in [0.05, 0.1) is 22.8 Å². The third-order valence-electron chi connectivity index (χ3n) is 12.3. The number of aromatic nitrogens is 12. The average molecular weight is 976 g/mol. The first-order valence-electron chi connectivity index (χ1n) is 24.5. The third kappa shape index (κ3) is 13.1. The highest BCUT2D eigenvalue weighted by atomic mass is 16.1. The van der Waals surface area contributed by atoms with E-state index in [9.17, 15) is 4.79 Å². The highest BCUT2D eigenvalue weighted by Crippen LogP contribution is 2.22. The van der Waals surface area contributed by atoms with Crippen molar-refractivity contribution in [3.8, 4) is 50.8 Å². The van der Waals surface area contributed by atoms with Crippen molar-refractivity contribution in [1.29, 1.82) is 0 Å². The number of rotatable bonds is 15. The molecular weight excluding hydrogens is 919 g/mol. The number of hydrogen-bond donors (Lipinski definition) is 1. The number of amides is 1. The molecule has 368 valence electrons. The van der Waals surface area contributed by atoms with Gasteiger partial charge in [-0.15, -0.1) is 0 Å². The van der Waals surface area contributed by atoms with Crippen LogP contribution in [-0.2, 0) is 59.7 Å². The molecule has 0 aliphatic carbocycles. The molecule has 0 bridgehead atoms. The quantitative estimate of drug-likeness (QED) is 0.105. The standard InChI is InChI=1S/C22H20N4.C20H19N5.C18H18N4O/c1-26-16-21(17-6-3-2-4-7-17)25-22(26)11-10-19-8-5-9-20(24-19)18-12-14-23-15-13-18;1-24-14-18(16-6-3-2-4-7-16)23-19(24)11-10-17-8-5-9-20(22-17)25-13-12-21-15-25;1-22-12-16(13-6-3-2-4-7-13)21-17(22)11-10-14-8-5-9-15(20-14)18(19)23/h2-9,12-16H,10-11H2,1H3;2-9,12-15H,10-11H2,1H3;2-9,12H,10-11H2,1H3,(H2,19,23). The summed E-state index contributed by atoms with van der Waals surface area (Å²) in [5.74, 6) is 3.50. The number of carbonyl (C=O) groups excluding carboxylic acids is 1. The second-order valence-electron chi connectivity index (χ2n) is 17.6. The summed E-state index contributed by atoms with van der Waals surface area (Å²) in [7, 11) is 6.09. The summed E-state index contributed by atoms with van der Waals surface area (Å²) < 4.78 is 8.15. The van der Waals surface area contributed by atoms with E-state index in [4.69, 9.17) is 30.7 Å². The molecule has 74 heavy (non-hydrogen) atoms. The van der Waals surface area contributed by atoms with Crippen LogP contribution in [0.4, 0.5) is 0 Å². The van der Waals surface area contributed by atoms with Gasteiger partial charge < -0.3 is 19.4 Å². The third-order valence-corrected chi connectivity index (χ3v) is 12.3. The van der Waals surface area contributed by atoms with E-state index in [1.807, 2.05) is 139 Å². The van der Waals surface area contributed by atoms with E-state index in [2.05, 4.69) is 86.0 Å². The van der Waals surface area contributed by atoms with Crippen LogP contribution in [0.15, 0.2) is 207 Å². The fourth-order valence-electron chi connectivity index (χ4n) is 8.38. The molecule has 0 spiro atoms. The molecule has 0 aliphatic rings.